The molecule has 1 aliphatic rings. The first-order valence-corrected chi connectivity index (χ1v) is 9.86. The Bertz CT molecular complexity index is 962. The molecule has 162 valence electrons. The first kappa shape index (κ1) is 22.0. The molecule has 8 heteroatoms. The third-order valence-corrected chi connectivity index (χ3v) is 4.41. The van der Waals surface area contributed by atoms with E-state index in [4.69, 9.17) is 9.57 Å². The number of alkyl carbamates (subject to hydrolysis) is 1. The van der Waals surface area contributed by atoms with Crippen molar-refractivity contribution in [2.45, 2.75) is 45.3 Å². The number of nitrogens with one attached hydrogen (secondary N) is 1. The summed E-state index contributed by atoms with van der Waals surface area (Å²) in [5.41, 5.74) is 0.528. The highest BCUT2D eigenvalue weighted by Gasteiger charge is 2.39. The van der Waals surface area contributed by atoms with E-state index in [1.54, 1.807) is 32.9 Å². The molecule has 1 N–H and O–H groups in total. The Kier molecular flexibility index (Phi) is 6.39. The van der Waals surface area contributed by atoms with Crippen molar-refractivity contribution >= 4 is 23.9 Å². The van der Waals surface area contributed by atoms with E-state index in [9.17, 15) is 19.2 Å². The Labute approximate surface area is 180 Å². The summed E-state index contributed by atoms with van der Waals surface area (Å²) in [6.45, 7) is 5.19. The number of amides is 3. The Balaban J connectivity index is 1.68. The van der Waals surface area contributed by atoms with E-state index in [1.165, 1.54) is 12.1 Å². The van der Waals surface area contributed by atoms with Crippen LogP contribution in [0.3, 0.4) is 0 Å². The van der Waals surface area contributed by atoms with Crippen molar-refractivity contribution in [3.63, 3.8) is 0 Å². The van der Waals surface area contributed by atoms with E-state index >= 15 is 0 Å². The van der Waals surface area contributed by atoms with Gasteiger partial charge in [-0.3, -0.25) is 9.59 Å². The average Bonchev–Trinajstić information content (AvgIpc) is 2.92. The molecular weight excluding hydrogens is 400 g/mol. The van der Waals surface area contributed by atoms with Gasteiger partial charge in [0.2, 0.25) is 0 Å². The summed E-state index contributed by atoms with van der Waals surface area (Å²) >= 11 is 0. The van der Waals surface area contributed by atoms with Gasteiger partial charge in [0.1, 0.15) is 5.60 Å². The predicted molar refractivity (Wildman–Crippen MR) is 111 cm³/mol. The zero-order valence-electron chi connectivity index (χ0n) is 17.6. The summed E-state index contributed by atoms with van der Waals surface area (Å²) in [4.78, 5) is 54.6. The van der Waals surface area contributed by atoms with Crippen molar-refractivity contribution < 1.29 is 28.8 Å². The zero-order chi connectivity index (χ0) is 22.6. The van der Waals surface area contributed by atoms with E-state index in [2.05, 4.69) is 5.32 Å². The first-order valence-electron chi connectivity index (χ1n) is 9.86. The maximum atomic E-state index is 12.5. The third kappa shape index (κ3) is 5.69. The predicted octanol–water partition coefficient (Wildman–Crippen LogP) is 3.27. The van der Waals surface area contributed by atoms with Gasteiger partial charge < -0.3 is 14.9 Å². The molecule has 2 aromatic rings. The van der Waals surface area contributed by atoms with Gasteiger partial charge in [-0.05, 0) is 44.9 Å². The van der Waals surface area contributed by atoms with Crippen LogP contribution in [0.1, 0.15) is 53.5 Å². The van der Waals surface area contributed by atoms with Crippen molar-refractivity contribution in [1.82, 2.24) is 10.4 Å². The molecule has 0 aliphatic carbocycles. The minimum atomic E-state index is -0.827. The largest absolute Gasteiger partial charge is 0.444 e. The highest BCUT2D eigenvalue weighted by Crippen LogP contribution is 2.23. The molecule has 3 amide bonds. The third-order valence-electron chi connectivity index (χ3n) is 4.41. The number of hydrogen-bond acceptors (Lipinski definition) is 6. The van der Waals surface area contributed by atoms with E-state index in [1.807, 2.05) is 30.3 Å². The summed E-state index contributed by atoms with van der Waals surface area (Å²) in [7, 11) is 0. The minimum absolute atomic E-state index is 0.174. The fraction of sp³-hybridized carbons (Fsp3) is 0.304. The van der Waals surface area contributed by atoms with Gasteiger partial charge in [-0.1, -0.05) is 47.5 Å². The van der Waals surface area contributed by atoms with Gasteiger partial charge in [0.05, 0.1) is 17.5 Å². The van der Waals surface area contributed by atoms with Crippen LogP contribution >= 0.6 is 0 Å². The molecule has 0 saturated carbocycles. The molecule has 2 aromatic carbocycles. The van der Waals surface area contributed by atoms with Gasteiger partial charge in [-0.15, -0.1) is 0 Å². The second-order valence-corrected chi connectivity index (χ2v) is 8.15. The van der Waals surface area contributed by atoms with Crippen LogP contribution in [0, 0.1) is 0 Å². The smallest absolute Gasteiger partial charge is 0.407 e. The average molecular weight is 424 g/mol. The highest BCUT2D eigenvalue weighted by molar-refractivity contribution is 6.20. The highest BCUT2D eigenvalue weighted by atomic mass is 16.7. The molecule has 1 heterocycles. The Morgan fingerprint density at radius 2 is 1.48 bits per heavy atom. The maximum Gasteiger partial charge on any atom is 0.407 e. The minimum Gasteiger partial charge on any atom is -0.444 e. The Morgan fingerprint density at radius 1 is 0.935 bits per heavy atom. The SMILES string of the molecule is CC(C)(C)OC(=O)NC(CC(=O)ON1C(=O)c2ccccc2C1=O)Cc1ccccc1. The van der Waals surface area contributed by atoms with Crippen LogP contribution in [0.25, 0.3) is 0 Å². The summed E-state index contributed by atoms with van der Waals surface area (Å²) in [6.07, 6.45) is -0.610. The number of carbonyl (C=O) groups excluding carboxylic acids is 4. The molecule has 1 aliphatic heterocycles. The van der Waals surface area contributed by atoms with Crippen molar-refractivity contribution in [3.05, 3.63) is 71.3 Å². The molecule has 1 unspecified atom stereocenters. The molecule has 0 spiro atoms. The fourth-order valence-electron chi connectivity index (χ4n) is 3.14. The monoisotopic (exact) mass is 424 g/mol. The second kappa shape index (κ2) is 8.99. The Morgan fingerprint density at radius 3 is 2.03 bits per heavy atom. The number of ether oxygens (including phenoxy) is 1. The molecular formula is C23H24N2O6. The Hall–Kier alpha value is -3.68. The van der Waals surface area contributed by atoms with E-state index < -0.39 is 35.5 Å². The van der Waals surface area contributed by atoms with Crippen LogP contribution < -0.4 is 5.32 Å². The summed E-state index contributed by atoms with van der Waals surface area (Å²) in [5.74, 6) is -2.23. The quantitative estimate of drug-likeness (QED) is 0.714. The van der Waals surface area contributed by atoms with Gasteiger partial charge in [-0.25, -0.2) is 9.59 Å². The topological polar surface area (TPSA) is 102 Å². The first-order chi connectivity index (χ1) is 14.6. The molecule has 8 nitrogen and oxygen atoms in total. The molecule has 0 bridgehead atoms. The summed E-state index contributed by atoms with van der Waals surface area (Å²) in [6, 6.07) is 14.8. The van der Waals surface area contributed by atoms with Crippen LogP contribution in [-0.4, -0.2) is 40.6 Å². The van der Waals surface area contributed by atoms with Crippen molar-refractivity contribution in [1.29, 1.82) is 0 Å². The van der Waals surface area contributed by atoms with Gasteiger partial charge in [0, 0.05) is 6.04 Å². The second-order valence-electron chi connectivity index (χ2n) is 8.15. The number of imide groups is 1. The van der Waals surface area contributed by atoms with Crippen molar-refractivity contribution in [2.75, 3.05) is 0 Å². The lowest BCUT2D eigenvalue weighted by Gasteiger charge is -2.23. The van der Waals surface area contributed by atoms with Crippen LogP contribution in [-0.2, 0) is 20.8 Å². The maximum absolute atomic E-state index is 12.5. The molecule has 1 atom stereocenters. The van der Waals surface area contributed by atoms with E-state index in [0.29, 0.717) is 11.5 Å². The number of hydrogen-bond donors (Lipinski definition) is 1. The molecule has 3 rings (SSSR count). The molecule has 0 saturated heterocycles. The van der Waals surface area contributed by atoms with Crippen LogP contribution in [0.15, 0.2) is 54.6 Å². The molecule has 0 radical (unpaired) electrons. The number of fused-ring (bicyclic) bond motifs is 1. The van der Waals surface area contributed by atoms with Gasteiger partial charge in [0.15, 0.2) is 0 Å². The van der Waals surface area contributed by atoms with Gasteiger partial charge in [0.25, 0.3) is 11.8 Å². The lowest BCUT2D eigenvalue weighted by molar-refractivity contribution is -0.169. The van der Waals surface area contributed by atoms with Crippen LogP contribution in [0.2, 0.25) is 0 Å². The number of benzene rings is 2. The number of hydroxylamine groups is 2. The number of nitrogens with zero attached hydrogens (tertiary/aromatic N) is 1. The van der Waals surface area contributed by atoms with Crippen molar-refractivity contribution in [3.8, 4) is 0 Å². The van der Waals surface area contributed by atoms with Gasteiger partial charge >= 0.3 is 12.1 Å². The van der Waals surface area contributed by atoms with Crippen LogP contribution in [0.5, 0.6) is 0 Å². The molecule has 0 aromatic heterocycles. The van der Waals surface area contributed by atoms with E-state index in [-0.39, 0.29) is 17.5 Å². The fourth-order valence-corrected chi connectivity index (χ4v) is 3.14. The number of carbonyl (C=O) groups is 4. The van der Waals surface area contributed by atoms with Crippen molar-refractivity contribution in [2.24, 2.45) is 0 Å². The number of rotatable bonds is 6. The van der Waals surface area contributed by atoms with E-state index in [0.717, 1.165) is 5.56 Å². The molecule has 31 heavy (non-hydrogen) atoms. The standard InChI is InChI=1S/C23H24N2O6/c1-23(2,3)30-22(29)24-16(13-15-9-5-4-6-10-15)14-19(26)31-25-20(27)17-11-7-8-12-18(17)21(25)28/h4-12,16H,13-14H2,1-3H3,(H,24,29). The van der Waals surface area contributed by atoms with Crippen LogP contribution in [0.4, 0.5) is 4.79 Å². The normalized spacial score (nSPS) is 14.1. The lowest BCUT2D eigenvalue weighted by atomic mass is 10.0. The zero-order valence-corrected chi connectivity index (χ0v) is 17.6. The lowest BCUT2D eigenvalue weighted by Crippen LogP contribution is -2.42. The molecule has 0 fully saturated rings. The summed E-state index contributed by atoms with van der Waals surface area (Å²) < 4.78 is 5.28. The van der Waals surface area contributed by atoms with Gasteiger partial charge in [-0.2, -0.15) is 0 Å². The summed E-state index contributed by atoms with van der Waals surface area (Å²) in [5, 5.41) is 3.13.